The van der Waals surface area contributed by atoms with Crippen LogP contribution in [0.25, 0.3) is 16.7 Å². The fourth-order valence-corrected chi connectivity index (χ4v) is 3.99. The molecule has 1 amide bonds. The summed E-state index contributed by atoms with van der Waals surface area (Å²) in [5.41, 5.74) is 4.15. The average molecular weight is 361 g/mol. The van der Waals surface area contributed by atoms with Crippen molar-refractivity contribution in [2.75, 3.05) is 24.5 Å². The molecule has 0 bridgehead atoms. The predicted molar refractivity (Wildman–Crippen MR) is 106 cm³/mol. The van der Waals surface area contributed by atoms with E-state index in [0.717, 1.165) is 48.3 Å². The van der Waals surface area contributed by atoms with Gasteiger partial charge in [-0.15, -0.1) is 0 Å². The molecule has 6 heteroatoms. The number of carbonyl (C=O) groups is 1. The maximum atomic E-state index is 12.1. The molecule has 1 N–H and O–H groups in total. The van der Waals surface area contributed by atoms with Gasteiger partial charge in [-0.3, -0.25) is 9.20 Å². The lowest BCUT2D eigenvalue weighted by Crippen LogP contribution is -2.41. The van der Waals surface area contributed by atoms with Crippen LogP contribution in [0, 0.1) is 24.2 Å². The number of fused-ring (bicyclic) bond motifs is 3. The maximum absolute atomic E-state index is 12.1. The highest BCUT2D eigenvalue weighted by Gasteiger charge is 2.27. The fourth-order valence-electron chi connectivity index (χ4n) is 3.99. The molecule has 4 rings (SSSR count). The molecule has 0 aliphatic carbocycles. The first-order valence-corrected chi connectivity index (χ1v) is 9.47. The Balaban J connectivity index is 1.77. The second-order valence-electron chi connectivity index (χ2n) is 7.09. The number of nitrogens with zero attached hydrogens (tertiary/aromatic N) is 4. The Morgan fingerprint density at radius 3 is 2.78 bits per heavy atom. The monoisotopic (exact) mass is 361 g/mol. The molecule has 1 aliphatic rings. The van der Waals surface area contributed by atoms with Gasteiger partial charge in [0.25, 0.3) is 0 Å². The number of hydrogen-bond donors (Lipinski definition) is 1. The molecule has 3 aromatic rings. The van der Waals surface area contributed by atoms with Crippen molar-refractivity contribution in [3.05, 3.63) is 41.5 Å². The van der Waals surface area contributed by atoms with Crippen LogP contribution in [-0.2, 0) is 4.79 Å². The molecule has 0 saturated carbocycles. The number of para-hydroxylation sites is 2. The average Bonchev–Trinajstić information content (AvgIpc) is 3.07. The van der Waals surface area contributed by atoms with Gasteiger partial charge in [-0.2, -0.15) is 5.26 Å². The molecule has 1 saturated heterocycles. The van der Waals surface area contributed by atoms with Crippen molar-refractivity contribution >= 4 is 28.4 Å². The zero-order chi connectivity index (χ0) is 19.0. The van der Waals surface area contributed by atoms with E-state index in [2.05, 4.69) is 26.8 Å². The number of imidazole rings is 1. The van der Waals surface area contributed by atoms with Crippen molar-refractivity contribution in [3.63, 3.8) is 0 Å². The van der Waals surface area contributed by atoms with Gasteiger partial charge in [-0.05, 0) is 50.5 Å². The molecule has 0 spiro atoms. The molecule has 1 aliphatic heterocycles. The summed E-state index contributed by atoms with van der Waals surface area (Å²) in [7, 11) is 0. The largest absolute Gasteiger partial charge is 0.358 e. The van der Waals surface area contributed by atoms with Crippen molar-refractivity contribution in [3.8, 4) is 6.07 Å². The zero-order valence-electron chi connectivity index (χ0n) is 15.7. The zero-order valence-corrected chi connectivity index (χ0v) is 15.7. The third-order valence-corrected chi connectivity index (χ3v) is 5.41. The van der Waals surface area contributed by atoms with E-state index in [1.807, 2.05) is 38.1 Å². The van der Waals surface area contributed by atoms with E-state index in [0.29, 0.717) is 17.8 Å². The van der Waals surface area contributed by atoms with Crippen molar-refractivity contribution in [2.24, 2.45) is 5.92 Å². The van der Waals surface area contributed by atoms with E-state index < -0.39 is 0 Å². The molecule has 138 valence electrons. The summed E-state index contributed by atoms with van der Waals surface area (Å²) in [5.74, 6) is 1.28. The summed E-state index contributed by atoms with van der Waals surface area (Å²) in [6.07, 6.45) is 1.66. The van der Waals surface area contributed by atoms with E-state index >= 15 is 0 Å². The molecule has 0 radical (unpaired) electrons. The standard InChI is InChI=1S/C21H23N5O/c1-3-23-21(27)15-8-10-25(11-9-15)19-12-14(2)16(13-22)20-24-17-6-4-5-7-18(17)26(19)20/h4-7,12,15H,3,8-11H2,1-2H3,(H,23,27). The number of nitrogens with one attached hydrogen (secondary N) is 1. The summed E-state index contributed by atoms with van der Waals surface area (Å²) in [4.78, 5) is 19.2. The van der Waals surface area contributed by atoms with Crippen molar-refractivity contribution in [1.82, 2.24) is 14.7 Å². The summed E-state index contributed by atoms with van der Waals surface area (Å²) in [5, 5.41) is 12.6. The Morgan fingerprint density at radius 1 is 1.33 bits per heavy atom. The van der Waals surface area contributed by atoms with E-state index in [4.69, 9.17) is 4.98 Å². The maximum Gasteiger partial charge on any atom is 0.223 e. The molecule has 6 nitrogen and oxygen atoms in total. The van der Waals surface area contributed by atoms with Crippen LogP contribution in [0.4, 0.5) is 5.82 Å². The van der Waals surface area contributed by atoms with Crippen LogP contribution in [-0.4, -0.2) is 34.9 Å². The highest BCUT2D eigenvalue weighted by Crippen LogP contribution is 2.31. The van der Waals surface area contributed by atoms with Crippen LogP contribution in [0.15, 0.2) is 30.3 Å². The number of benzene rings is 1. The van der Waals surface area contributed by atoms with Gasteiger partial charge in [-0.25, -0.2) is 4.98 Å². The Hall–Kier alpha value is -3.07. The quantitative estimate of drug-likeness (QED) is 0.778. The van der Waals surface area contributed by atoms with Gasteiger partial charge in [0.1, 0.15) is 11.9 Å². The molecular weight excluding hydrogens is 338 g/mol. The molecule has 1 aromatic carbocycles. The van der Waals surface area contributed by atoms with Crippen LogP contribution in [0.2, 0.25) is 0 Å². The van der Waals surface area contributed by atoms with Crippen LogP contribution in [0.5, 0.6) is 0 Å². The van der Waals surface area contributed by atoms with Gasteiger partial charge in [0.05, 0.1) is 16.6 Å². The first kappa shape index (κ1) is 17.3. The predicted octanol–water partition coefficient (Wildman–Crippen LogP) is 3.02. The van der Waals surface area contributed by atoms with Crippen LogP contribution in [0.1, 0.15) is 30.9 Å². The SMILES string of the molecule is CCNC(=O)C1CCN(c2cc(C)c(C#N)c3nc4ccccc4n23)CC1. The van der Waals surface area contributed by atoms with E-state index in [1.54, 1.807) is 0 Å². The van der Waals surface area contributed by atoms with Gasteiger partial charge < -0.3 is 10.2 Å². The number of aryl methyl sites for hydroxylation is 1. The Morgan fingerprint density at radius 2 is 2.07 bits per heavy atom. The second kappa shape index (κ2) is 6.92. The number of nitriles is 1. The number of piperidine rings is 1. The molecule has 0 unspecified atom stereocenters. The Bertz CT molecular complexity index is 1050. The van der Waals surface area contributed by atoms with Crippen LogP contribution >= 0.6 is 0 Å². The Kier molecular flexibility index (Phi) is 4.44. The minimum absolute atomic E-state index is 0.0794. The third kappa shape index (κ3) is 2.89. The van der Waals surface area contributed by atoms with Gasteiger partial charge in [0, 0.05) is 25.6 Å². The molecule has 1 fully saturated rings. The molecule has 3 heterocycles. The summed E-state index contributed by atoms with van der Waals surface area (Å²) < 4.78 is 2.09. The summed E-state index contributed by atoms with van der Waals surface area (Å²) in [6.45, 7) is 6.22. The minimum Gasteiger partial charge on any atom is -0.358 e. The molecule has 2 aromatic heterocycles. The summed E-state index contributed by atoms with van der Waals surface area (Å²) in [6, 6.07) is 12.4. The van der Waals surface area contributed by atoms with Gasteiger partial charge in [0.2, 0.25) is 5.91 Å². The van der Waals surface area contributed by atoms with E-state index in [9.17, 15) is 10.1 Å². The smallest absolute Gasteiger partial charge is 0.223 e. The number of rotatable bonds is 3. The number of pyridine rings is 1. The second-order valence-corrected chi connectivity index (χ2v) is 7.09. The van der Waals surface area contributed by atoms with Crippen molar-refractivity contribution in [2.45, 2.75) is 26.7 Å². The normalized spacial score (nSPS) is 15.2. The first-order valence-electron chi connectivity index (χ1n) is 9.47. The lowest BCUT2D eigenvalue weighted by atomic mass is 9.95. The highest BCUT2D eigenvalue weighted by molar-refractivity contribution is 5.85. The number of carbonyl (C=O) groups excluding carboxylic acids is 1. The van der Waals surface area contributed by atoms with Crippen LogP contribution in [0.3, 0.4) is 0 Å². The highest BCUT2D eigenvalue weighted by atomic mass is 16.1. The van der Waals surface area contributed by atoms with Gasteiger partial charge in [0.15, 0.2) is 5.65 Å². The Labute approximate surface area is 158 Å². The third-order valence-electron chi connectivity index (χ3n) is 5.41. The lowest BCUT2D eigenvalue weighted by molar-refractivity contribution is -0.125. The number of aromatic nitrogens is 2. The van der Waals surface area contributed by atoms with Crippen molar-refractivity contribution < 1.29 is 4.79 Å². The number of amides is 1. The number of anilines is 1. The first-order chi connectivity index (χ1) is 13.1. The van der Waals surface area contributed by atoms with E-state index in [-0.39, 0.29) is 11.8 Å². The minimum atomic E-state index is 0.0794. The molecular formula is C21H23N5O. The van der Waals surface area contributed by atoms with Crippen LogP contribution < -0.4 is 10.2 Å². The molecule has 0 atom stereocenters. The molecule has 27 heavy (non-hydrogen) atoms. The number of hydrogen-bond acceptors (Lipinski definition) is 4. The lowest BCUT2D eigenvalue weighted by Gasteiger charge is -2.33. The van der Waals surface area contributed by atoms with Gasteiger partial charge >= 0.3 is 0 Å². The van der Waals surface area contributed by atoms with E-state index in [1.165, 1.54) is 0 Å². The fraction of sp³-hybridized carbons (Fsp3) is 0.381. The van der Waals surface area contributed by atoms with Gasteiger partial charge in [-0.1, -0.05) is 12.1 Å². The summed E-state index contributed by atoms with van der Waals surface area (Å²) >= 11 is 0. The topological polar surface area (TPSA) is 73.4 Å². The van der Waals surface area contributed by atoms with Crippen molar-refractivity contribution in [1.29, 1.82) is 5.26 Å².